The summed E-state index contributed by atoms with van der Waals surface area (Å²) in [5, 5.41) is 9.90. The van der Waals surface area contributed by atoms with Crippen molar-refractivity contribution in [1.82, 2.24) is 0 Å². The lowest BCUT2D eigenvalue weighted by molar-refractivity contribution is 0.132. The minimum Gasteiger partial charge on any atom is -0.489 e. The third kappa shape index (κ3) is 5.82. The first-order valence-corrected chi connectivity index (χ1v) is 12.2. The van der Waals surface area contributed by atoms with Gasteiger partial charge in [0.1, 0.15) is 36.1 Å². The molecule has 0 radical (unpaired) electrons. The van der Waals surface area contributed by atoms with Gasteiger partial charge in [-0.25, -0.2) is 18.4 Å². The van der Waals surface area contributed by atoms with E-state index in [9.17, 15) is 23.5 Å². The van der Waals surface area contributed by atoms with Gasteiger partial charge >= 0.3 is 12.2 Å². The van der Waals surface area contributed by atoms with Crippen molar-refractivity contribution in [2.24, 2.45) is 0 Å². The summed E-state index contributed by atoms with van der Waals surface area (Å²) < 4.78 is 38.6. The van der Waals surface area contributed by atoms with Gasteiger partial charge in [0.15, 0.2) is 0 Å². The molecule has 1 aliphatic rings. The van der Waals surface area contributed by atoms with Crippen molar-refractivity contribution in [1.29, 1.82) is 0 Å². The summed E-state index contributed by atoms with van der Waals surface area (Å²) in [5.41, 5.74) is 2.28. The fourth-order valence-corrected chi connectivity index (χ4v) is 4.50. The quantitative estimate of drug-likeness (QED) is 0.271. The average Bonchev–Trinajstić information content (AvgIpc) is 3.27. The lowest BCUT2D eigenvalue weighted by Crippen LogP contribution is -2.40. The molecule has 2 amide bonds. The number of ether oxygens (including phenoxy) is 2. The second-order valence-corrected chi connectivity index (χ2v) is 8.93. The third-order valence-electron chi connectivity index (χ3n) is 6.39. The summed E-state index contributed by atoms with van der Waals surface area (Å²) in [6, 6.07) is 26.4. The van der Waals surface area contributed by atoms with Crippen molar-refractivity contribution in [3.63, 3.8) is 0 Å². The van der Waals surface area contributed by atoms with Crippen LogP contribution in [0.5, 0.6) is 5.75 Å². The zero-order valence-corrected chi connectivity index (χ0v) is 20.6. The minimum atomic E-state index is -1.29. The molecule has 39 heavy (non-hydrogen) atoms. The van der Waals surface area contributed by atoms with E-state index >= 15 is 0 Å². The van der Waals surface area contributed by atoms with Crippen molar-refractivity contribution in [3.05, 3.63) is 126 Å². The predicted molar refractivity (Wildman–Crippen MR) is 141 cm³/mol. The average molecular weight is 531 g/mol. The van der Waals surface area contributed by atoms with Crippen molar-refractivity contribution < 1.29 is 33.0 Å². The molecule has 0 spiro atoms. The standard InChI is InChI=1S/C30H24F2N2O5/c31-22-8-12-24(13-9-22)33(29(35)36)18-27-28(34(30(37)39-27)25-14-10-23(32)11-15-25)21-6-16-26(17-7-21)38-19-20-4-2-1-3-5-20/h1-17,27-28H,18-19H2,(H,35,36)/t27-,28+/m0/s1. The molecule has 7 nitrogen and oxygen atoms in total. The highest BCUT2D eigenvalue weighted by Gasteiger charge is 2.45. The number of cyclic esters (lactones) is 1. The van der Waals surface area contributed by atoms with E-state index in [0.717, 1.165) is 22.6 Å². The van der Waals surface area contributed by atoms with Crippen LogP contribution in [-0.4, -0.2) is 29.9 Å². The van der Waals surface area contributed by atoms with Crippen LogP contribution in [-0.2, 0) is 11.3 Å². The lowest BCUT2D eigenvalue weighted by Gasteiger charge is -2.28. The van der Waals surface area contributed by atoms with Crippen LogP contribution in [0.25, 0.3) is 0 Å². The molecular formula is C30H24F2N2O5. The van der Waals surface area contributed by atoms with E-state index in [-0.39, 0.29) is 12.2 Å². The normalized spacial score (nSPS) is 16.6. The molecule has 1 fully saturated rings. The molecule has 1 saturated heterocycles. The summed E-state index contributed by atoms with van der Waals surface area (Å²) in [4.78, 5) is 27.6. The van der Waals surface area contributed by atoms with E-state index in [1.165, 1.54) is 41.3 Å². The van der Waals surface area contributed by atoms with Crippen molar-refractivity contribution in [2.75, 3.05) is 16.3 Å². The Kier molecular flexibility index (Phi) is 7.40. The molecule has 0 unspecified atom stereocenters. The molecule has 5 rings (SSSR count). The number of anilines is 2. The molecular weight excluding hydrogens is 506 g/mol. The SMILES string of the molecule is O=C(O)N(C[C@@H]1OC(=O)N(c2ccc(F)cc2)[C@@H]1c1ccc(OCc2ccccc2)cc1)c1ccc(F)cc1. The molecule has 9 heteroatoms. The van der Waals surface area contributed by atoms with Crippen LogP contribution in [0.2, 0.25) is 0 Å². The van der Waals surface area contributed by atoms with E-state index in [2.05, 4.69) is 0 Å². The first-order chi connectivity index (χ1) is 18.9. The first kappa shape index (κ1) is 25.7. The Morgan fingerprint density at radius 1 is 0.872 bits per heavy atom. The van der Waals surface area contributed by atoms with Gasteiger partial charge < -0.3 is 14.6 Å². The van der Waals surface area contributed by atoms with Crippen LogP contribution in [0.1, 0.15) is 17.2 Å². The van der Waals surface area contributed by atoms with Gasteiger partial charge in [-0.05, 0) is 71.8 Å². The summed E-state index contributed by atoms with van der Waals surface area (Å²) in [5.74, 6) is -0.366. The number of amides is 2. The smallest absolute Gasteiger partial charge is 0.415 e. The summed E-state index contributed by atoms with van der Waals surface area (Å²) >= 11 is 0. The highest BCUT2D eigenvalue weighted by atomic mass is 19.1. The maximum Gasteiger partial charge on any atom is 0.415 e. The van der Waals surface area contributed by atoms with E-state index in [0.29, 0.717) is 23.6 Å². The molecule has 198 valence electrons. The van der Waals surface area contributed by atoms with E-state index in [1.54, 1.807) is 24.3 Å². The van der Waals surface area contributed by atoms with Gasteiger partial charge in [-0.2, -0.15) is 0 Å². The second kappa shape index (κ2) is 11.2. The highest BCUT2D eigenvalue weighted by Crippen LogP contribution is 2.39. The number of halogens is 2. The summed E-state index contributed by atoms with van der Waals surface area (Å²) in [6.07, 6.45) is -2.92. The molecule has 4 aromatic rings. The third-order valence-corrected chi connectivity index (χ3v) is 6.39. The predicted octanol–water partition coefficient (Wildman–Crippen LogP) is 6.79. The first-order valence-electron chi connectivity index (χ1n) is 12.2. The van der Waals surface area contributed by atoms with Crippen molar-refractivity contribution in [3.8, 4) is 5.75 Å². The molecule has 0 aromatic heterocycles. The Hall–Kier alpha value is -4.92. The monoisotopic (exact) mass is 530 g/mol. The number of benzene rings is 4. The highest BCUT2D eigenvalue weighted by molar-refractivity contribution is 5.92. The number of carbonyl (C=O) groups is 2. The molecule has 0 aliphatic carbocycles. The van der Waals surface area contributed by atoms with Crippen LogP contribution < -0.4 is 14.5 Å². The number of carboxylic acid groups (broad SMARTS) is 1. The Morgan fingerprint density at radius 3 is 2.10 bits per heavy atom. The molecule has 4 aromatic carbocycles. The Morgan fingerprint density at radius 2 is 1.49 bits per heavy atom. The van der Waals surface area contributed by atoms with Gasteiger partial charge in [-0.3, -0.25) is 9.80 Å². The Labute approximate surface area is 223 Å². The Balaban J connectivity index is 1.44. The Bertz CT molecular complexity index is 1430. The van der Waals surface area contributed by atoms with E-state index in [4.69, 9.17) is 9.47 Å². The largest absolute Gasteiger partial charge is 0.489 e. The van der Waals surface area contributed by atoms with Gasteiger partial charge in [-0.1, -0.05) is 42.5 Å². The molecule has 1 N–H and O–H groups in total. The molecule has 2 atom stereocenters. The lowest BCUT2D eigenvalue weighted by atomic mass is 9.99. The number of rotatable bonds is 8. The topological polar surface area (TPSA) is 79.3 Å². The summed E-state index contributed by atoms with van der Waals surface area (Å²) in [6.45, 7) is 0.155. The fourth-order valence-electron chi connectivity index (χ4n) is 4.50. The summed E-state index contributed by atoms with van der Waals surface area (Å²) in [7, 11) is 0. The van der Waals surface area contributed by atoms with Gasteiger partial charge in [0, 0.05) is 11.4 Å². The van der Waals surface area contributed by atoms with Gasteiger partial charge in [0.25, 0.3) is 0 Å². The van der Waals surface area contributed by atoms with Gasteiger partial charge in [-0.15, -0.1) is 0 Å². The zero-order valence-electron chi connectivity index (χ0n) is 20.6. The van der Waals surface area contributed by atoms with Crippen LogP contribution in [0.3, 0.4) is 0 Å². The van der Waals surface area contributed by atoms with Crippen molar-refractivity contribution in [2.45, 2.75) is 18.8 Å². The molecule has 0 saturated carbocycles. The van der Waals surface area contributed by atoms with Crippen LogP contribution in [0, 0.1) is 11.6 Å². The number of hydrogen-bond donors (Lipinski definition) is 1. The number of nitrogens with zero attached hydrogens (tertiary/aromatic N) is 2. The van der Waals surface area contributed by atoms with Crippen LogP contribution in [0.15, 0.2) is 103 Å². The molecule has 1 aliphatic heterocycles. The fraction of sp³-hybridized carbons (Fsp3) is 0.133. The second-order valence-electron chi connectivity index (χ2n) is 8.93. The minimum absolute atomic E-state index is 0.221. The maximum atomic E-state index is 13.6. The van der Waals surface area contributed by atoms with E-state index < -0.39 is 36.0 Å². The number of hydrogen-bond acceptors (Lipinski definition) is 4. The number of carbonyl (C=O) groups excluding carboxylic acids is 1. The van der Waals surface area contributed by atoms with Crippen LogP contribution >= 0.6 is 0 Å². The zero-order chi connectivity index (χ0) is 27.4. The van der Waals surface area contributed by atoms with Crippen LogP contribution in [0.4, 0.5) is 29.7 Å². The molecule has 1 heterocycles. The maximum absolute atomic E-state index is 13.6. The molecule has 0 bridgehead atoms. The van der Waals surface area contributed by atoms with Gasteiger partial charge in [0.2, 0.25) is 0 Å². The van der Waals surface area contributed by atoms with E-state index in [1.807, 2.05) is 30.3 Å². The van der Waals surface area contributed by atoms with Gasteiger partial charge in [0.05, 0.1) is 6.54 Å². The van der Waals surface area contributed by atoms with Crippen molar-refractivity contribution >= 4 is 23.6 Å².